The van der Waals surface area contributed by atoms with Crippen LogP contribution in [0.4, 0.5) is 18.0 Å². The molecule has 1 aromatic rings. The molecule has 1 heterocycles. The summed E-state index contributed by atoms with van der Waals surface area (Å²) in [4.78, 5) is 13.5. The van der Waals surface area contributed by atoms with Crippen molar-refractivity contribution in [2.75, 3.05) is 19.8 Å². The van der Waals surface area contributed by atoms with E-state index in [4.69, 9.17) is 9.84 Å². The van der Waals surface area contributed by atoms with E-state index in [1.54, 1.807) is 13.0 Å². The second-order valence-corrected chi connectivity index (χ2v) is 5.47. The highest BCUT2D eigenvalue weighted by Gasteiger charge is 2.43. The molecule has 5 nitrogen and oxygen atoms in total. The van der Waals surface area contributed by atoms with Gasteiger partial charge in [-0.3, -0.25) is 0 Å². The number of hydrogen-bond acceptors (Lipinski definition) is 3. The maximum atomic E-state index is 13.3. The summed E-state index contributed by atoms with van der Waals surface area (Å²) in [6, 6.07) is 3.93. The van der Waals surface area contributed by atoms with Gasteiger partial charge in [-0.15, -0.1) is 0 Å². The number of benzene rings is 1. The highest BCUT2D eigenvalue weighted by atomic mass is 19.4. The minimum atomic E-state index is -4.61. The summed E-state index contributed by atoms with van der Waals surface area (Å²) in [6.45, 7) is 1.60. The number of halogens is 3. The molecule has 1 aliphatic heterocycles. The Morgan fingerprint density at radius 2 is 2.09 bits per heavy atom. The van der Waals surface area contributed by atoms with E-state index in [2.05, 4.69) is 0 Å². The van der Waals surface area contributed by atoms with Gasteiger partial charge < -0.3 is 20.1 Å². The summed E-state index contributed by atoms with van der Waals surface area (Å²) < 4.78 is 45.1. The van der Waals surface area contributed by atoms with E-state index in [0.29, 0.717) is 0 Å². The van der Waals surface area contributed by atoms with Crippen molar-refractivity contribution in [2.45, 2.75) is 31.3 Å². The molecule has 0 bridgehead atoms. The first kappa shape index (κ1) is 17.6. The summed E-state index contributed by atoms with van der Waals surface area (Å²) in [6.07, 6.45) is -5.19. The van der Waals surface area contributed by atoms with Crippen LogP contribution in [0.2, 0.25) is 0 Å². The minimum Gasteiger partial charge on any atom is -0.394 e. The van der Waals surface area contributed by atoms with Gasteiger partial charge in [0.05, 0.1) is 31.9 Å². The topological polar surface area (TPSA) is 61.8 Å². The van der Waals surface area contributed by atoms with E-state index in [-0.39, 0.29) is 31.4 Å². The quantitative estimate of drug-likeness (QED) is 0.891. The summed E-state index contributed by atoms with van der Waals surface area (Å²) in [5, 5.41) is 11.1. The number of rotatable bonds is 3. The Morgan fingerprint density at radius 1 is 1.43 bits per heavy atom. The van der Waals surface area contributed by atoms with Gasteiger partial charge in [-0.05, 0) is 12.5 Å². The lowest BCUT2D eigenvalue weighted by atomic mass is 10.1. The van der Waals surface area contributed by atoms with Crippen LogP contribution >= 0.6 is 0 Å². The lowest BCUT2D eigenvalue weighted by molar-refractivity contribution is -0.156. The van der Waals surface area contributed by atoms with E-state index in [1.807, 2.05) is 5.32 Å². The Morgan fingerprint density at radius 3 is 2.65 bits per heavy atom. The van der Waals surface area contributed by atoms with Crippen LogP contribution in [0.3, 0.4) is 0 Å². The van der Waals surface area contributed by atoms with Crippen LogP contribution in [0.15, 0.2) is 30.3 Å². The number of alkyl halides is 3. The Balaban J connectivity index is 2.14. The fourth-order valence-corrected chi connectivity index (χ4v) is 2.42. The molecule has 1 aliphatic rings. The average Bonchev–Trinajstić information content (AvgIpc) is 2.52. The molecule has 2 N–H and O–H groups in total. The largest absolute Gasteiger partial charge is 0.412 e. The maximum Gasteiger partial charge on any atom is 0.412 e. The normalized spacial score (nSPS) is 23.4. The van der Waals surface area contributed by atoms with E-state index >= 15 is 0 Å². The fourth-order valence-electron chi connectivity index (χ4n) is 2.42. The third-order valence-electron chi connectivity index (χ3n) is 3.70. The fraction of sp³-hybridized carbons (Fsp3) is 0.533. The molecule has 23 heavy (non-hydrogen) atoms. The number of nitrogens with one attached hydrogen (secondary N) is 1. The smallest absolute Gasteiger partial charge is 0.394 e. The molecule has 2 rings (SSSR count). The molecule has 8 heteroatoms. The molecule has 1 aromatic carbocycles. The molecule has 128 valence electrons. The molecule has 1 fully saturated rings. The molecule has 0 saturated carbocycles. The predicted octanol–water partition coefficient (Wildman–Crippen LogP) is 2.08. The van der Waals surface area contributed by atoms with Crippen molar-refractivity contribution in [3.8, 4) is 0 Å². The minimum absolute atomic E-state index is 0.0343. The van der Waals surface area contributed by atoms with Crippen LogP contribution in [-0.2, 0) is 4.74 Å². The Kier molecular flexibility index (Phi) is 5.48. The number of hydrogen-bond donors (Lipinski definition) is 2. The number of aliphatic hydroxyl groups is 1. The Labute approximate surface area is 132 Å². The molecule has 3 atom stereocenters. The van der Waals surface area contributed by atoms with Gasteiger partial charge in [0.25, 0.3) is 0 Å². The van der Waals surface area contributed by atoms with Gasteiger partial charge in [-0.25, -0.2) is 4.79 Å². The number of morpholine rings is 1. The van der Waals surface area contributed by atoms with Gasteiger partial charge >= 0.3 is 12.2 Å². The first-order chi connectivity index (χ1) is 10.8. The van der Waals surface area contributed by atoms with Crippen molar-refractivity contribution in [2.24, 2.45) is 0 Å². The van der Waals surface area contributed by atoms with E-state index in [9.17, 15) is 18.0 Å². The zero-order valence-corrected chi connectivity index (χ0v) is 12.6. The van der Waals surface area contributed by atoms with Crippen LogP contribution in [0.5, 0.6) is 0 Å². The highest BCUT2D eigenvalue weighted by molar-refractivity contribution is 5.75. The molecule has 2 amide bonds. The van der Waals surface area contributed by atoms with Crippen molar-refractivity contribution in [3.63, 3.8) is 0 Å². The molecule has 0 radical (unpaired) electrons. The van der Waals surface area contributed by atoms with Crippen molar-refractivity contribution >= 4 is 6.03 Å². The number of carbonyl (C=O) groups is 1. The lowest BCUT2D eigenvalue weighted by Crippen LogP contribution is -2.56. The van der Waals surface area contributed by atoms with E-state index < -0.39 is 24.4 Å². The zero-order valence-electron chi connectivity index (χ0n) is 12.6. The van der Waals surface area contributed by atoms with Crippen molar-refractivity contribution in [3.05, 3.63) is 35.9 Å². The highest BCUT2D eigenvalue weighted by Crippen LogP contribution is 2.32. The number of amides is 2. The molecule has 0 aromatic heterocycles. The van der Waals surface area contributed by atoms with Gasteiger partial charge in [-0.1, -0.05) is 30.3 Å². The number of aliphatic hydroxyl groups excluding tert-OH is 1. The SMILES string of the molecule is CC1COC(CO)CN1C(=O)NC(c1ccccc1)C(F)(F)F. The Hall–Kier alpha value is -1.80. The van der Waals surface area contributed by atoms with Crippen molar-refractivity contribution in [1.82, 2.24) is 10.2 Å². The molecule has 1 saturated heterocycles. The number of urea groups is 1. The van der Waals surface area contributed by atoms with Gasteiger partial charge in [0, 0.05) is 0 Å². The first-order valence-electron chi connectivity index (χ1n) is 7.24. The molecular weight excluding hydrogens is 313 g/mol. The molecule has 0 spiro atoms. The third kappa shape index (κ3) is 4.35. The monoisotopic (exact) mass is 332 g/mol. The zero-order chi connectivity index (χ0) is 17.0. The second kappa shape index (κ2) is 7.18. The lowest BCUT2D eigenvalue weighted by Gasteiger charge is -2.38. The van der Waals surface area contributed by atoms with Crippen LogP contribution < -0.4 is 5.32 Å². The first-order valence-corrected chi connectivity index (χ1v) is 7.24. The van der Waals surface area contributed by atoms with Gasteiger partial charge in [0.15, 0.2) is 6.04 Å². The van der Waals surface area contributed by atoms with Crippen molar-refractivity contribution < 1.29 is 27.8 Å². The van der Waals surface area contributed by atoms with Gasteiger partial charge in [-0.2, -0.15) is 13.2 Å². The van der Waals surface area contributed by atoms with Crippen LogP contribution in [0, 0.1) is 0 Å². The van der Waals surface area contributed by atoms with Gasteiger partial charge in [0.1, 0.15) is 0 Å². The standard InChI is InChI=1S/C15H19F3N2O3/c1-10-9-23-12(8-21)7-20(10)14(22)19-13(15(16,17)18)11-5-3-2-4-6-11/h2-6,10,12-13,21H,7-9H2,1H3,(H,19,22). The number of carbonyl (C=O) groups excluding carboxylic acids is 1. The summed E-state index contributed by atoms with van der Waals surface area (Å²) in [5.41, 5.74) is -0.0343. The third-order valence-corrected chi connectivity index (χ3v) is 3.70. The number of ether oxygens (including phenoxy) is 1. The predicted molar refractivity (Wildman–Crippen MR) is 76.8 cm³/mol. The van der Waals surface area contributed by atoms with Crippen LogP contribution in [-0.4, -0.2) is 54.1 Å². The maximum absolute atomic E-state index is 13.3. The van der Waals surface area contributed by atoms with Crippen LogP contribution in [0.25, 0.3) is 0 Å². The molecular formula is C15H19F3N2O3. The van der Waals surface area contributed by atoms with Gasteiger partial charge in [0.2, 0.25) is 0 Å². The molecule has 0 aliphatic carbocycles. The average molecular weight is 332 g/mol. The number of nitrogens with zero attached hydrogens (tertiary/aromatic N) is 1. The summed E-state index contributed by atoms with van der Waals surface area (Å²) in [5.74, 6) is 0. The van der Waals surface area contributed by atoms with E-state index in [0.717, 1.165) is 0 Å². The second-order valence-electron chi connectivity index (χ2n) is 5.47. The summed E-state index contributed by atoms with van der Waals surface area (Å²) >= 11 is 0. The van der Waals surface area contributed by atoms with Crippen LogP contribution in [0.1, 0.15) is 18.5 Å². The van der Waals surface area contributed by atoms with E-state index in [1.165, 1.54) is 29.2 Å². The molecule has 3 unspecified atom stereocenters. The Bertz CT molecular complexity index is 524. The van der Waals surface area contributed by atoms with Crippen molar-refractivity contribution in [1.29, 1.82) is 0 Å². The summed E-state index contributed by atoms with van der Waals surface area (Å²) in [7, 11) is 0.